The van der Waals surface area contributed by atoms with Crippen LogP contribution in [0.25, 0.3) is 0 Å². The molecule has 0 amide bonds. The number of carbonyl (C=O) groups is 1. The van der Waals surface area contributed by atoms with Gasteiger partial charge in [0.05, 0.1) is 6.42 Å². The number of hydrogen-bond acceptors (Lipinski definition) is 3. The average Bonchev–Trinajstić information content (AvgIpc) is 2.26. The largest absolute Gasteiger partial charge is 0.462 e. The van der Waals surface area contributed by atoms with E-state index in [1.165, 1.54) is 19.3 Å². The Kier molecular flexibility index (Phi) is 6.31. The number of carbonyl (C=O) groups excluding carboxylic acids is 1. The first kappa shape index (κ1) is 16.5. The van der Waals surface area contributed by atoms with Crippen LogP contribution in [0.3, 0.4) is 0 Å². The van der Waals surface area contributed by atoms with Crippen LogP contribution in [0.2, 0.25) is 0 Å². The van der Waals surface area contributed by atoms with Gasteiger partial charge in [-0.25, -0.2) is 0 Å². The zero-order valence-corrected chi connectivity index (χ0v) is 13.1. The van der Waals surface area contributed by atoms with E-state index >= 15 is 0 Å². The fourth-order valence-electron chi connectivity index (χ4n) is 3.09. The summed E-state index contributed by atoms with van der Waals surface area (Å²) in [6.07, 6.45) is 7.12. The van der Waals surface area contributed by atoms with Crippen LogP contribution < -0.4 is 5.73 Å². The second-order valence-electron chi connectivity index (χ2n) is 7.21. The molecule has 3 unspecified atom stereocenters. The van der Waals surface area contributed by atoms with E-state index in [1.807, 2.05) is 0 Å². The van der Waals surface area contributed by atoms with E-state index in [0.29, 0.717) is 12.3 Å². The van der Waals surface area contributed by atoms with E-state index in [2.05, 4.69) is 27.7 Å². The van der Waals surface area contributed by atoms with Crippen molar-refractivity contribution in [2.75, 3.05) is 0 Å². The van der Waals surface area contributed by atoms with Crippen LogP contribution in [0.5, 0.6) is 0 Å². The van der Waals surface area contributed by atoms with Crippen molar-refractivity contribution in [1.29, 1.82) is 0 Å². The predicted molar refractivity (Wildman–Crippen MR) is 78.8 cm³/mol. The van der Waals surface area contributed by atoms with Crippen molar-refractivity contribution < 1.29 is 9.53 Å². The SMILES string of the molecule is CCC1CCCCC1OC(=O)CC(N)CC(C)(C)C. The molecule has 0 aliphatic heterocycles. The standard InChI is InChI=1S/C16H31NO2/c1-5-12-8-6-7-9-14(12)19-15(18)10-13(17)11-16(2,3)4/h12-14H,5-11,17H2,1-4H3. The topological polar surface area (TPSA) is 52.3 Å². The van der Waals surface area contributed by atoms with Crippen LogP contribution in [0.4, 0.5) is 0 Å². The van der Waals surface area contributed by atoms with Crippen LogP contribution in [-0.2, 0) is 9.53 Å². The van der Waals surface area contributed by atoms with Crippen molar-refractivity contribution >= 4 is 5.97 Å². The summed E-state index contributed by atoms with van der Waals surface area (Å²) in [5, 5.41) is 0. The third-order valence-electron chi connectivity index (χ3n) is 3.95. The lowest BCUT2D eigenvalue weighted by Gasteiger charge is -2.31. The lowest BCUT2D eigenvalue weighted by atomic mass is 9.84. The molecule has 0 aromatic heterocycles. The molecular weight excluding hydrogens is 238 g/mol. The highest BCUT2D eigenvalue weighted by molar-refractivity contribution is 5.70. The van der Waals surface area contributed by atoms with Gasteiger partial charge in [0.1, 0.15) is 6.10 Å². The summed E-state index contributed by atoms with van der Waals surface area (Å²) in [4.78, 5) is 12.0. The molecule has 3 heteroatoms. The Balaban J connectivity index is 2.37. The van der Waals surface area contributed by atoms with E-state index in [4.69, 9.17) is 10.5 Å². The fraction of sp³-hybridized carbons (Fsp3) is 0.938. The Morgan fingerprint density at radius 1 is 1.32 bits per heavy atom. The van der Waals surface area contributed by atoms with Crippen molar-refractivity contribution in [3.8, 4) is 0 Å². The number of hydrogen-bond donors (Lipinski definition) is 1. The van der Waals surface area contributed by atoms with E-state index in [0.717, 1.165) is 19.3 Å². The normalized spacial score (nSPS) is 25.9. The summed E-state index contributed by atoms with van der Waals surface area (Å²) in [6, 6.07) is -0.0869. The molecule has 3 nitrogen and oxygen atoms in total. The summed E-state index contributed by atoms with van der Waals surface area (Å²) in [5.41, 5.74) is 6.20. The highest BCUT2D eigenvalue weighted by Gasteiger charge is 2.27. The zero-order valence-electron chi connectivity index (χ0n) is 13.1. The van der Waals surface area contributed by atoms with E-state index < -0.39 is 0 Å². The smallest absolute Gasteiger partial charge is 0.307 e. The predicted octanol–water partition coefficient (Wildman–Crippen LogP) is 3.65. The minimum atomic E-state index is -0.109. The van der Waals surface area contributed by atoms with Gasteiger partial charge in [-0.2, -0.15) is 0 Å². The minimum Gasteiger partial charge on any atom is -0.462 e. The Labute approximate surface area is 118 Å². The Morgan fingerprint density at radius 2 is 1.95 bits per heavy atom. The number of rotatable bonds is 5. The first-order valence-corrected chi connectivity index (χ1v) is 7.77. The molecule has 0 aromatic carbocycles. The molecule has 2 N–H and O–H groups in total. The lowest BCUT2D eigenvalue weighted by Crippen LogP contribution is -2.34. The zero-order chi connectivity index (χ0) is 14.5. The molecule has 1 saturated carbocycles. The Bertz CT molecular complexity index is 283. The van der Waals surface area contributed by atoms with E-state index in [1.54, 1.807) is 0 Å². The van der Waals surface area contributed by atoms with Crippen LogP contribution >= 0.6 is 0 Å². The van der Waals surface area contributed by atoms with Gasteiger partial charge in [-0.05, 0) is 43.4 Å². The fourth-order valence-corrected chi connectivity index (χ4v) is 3.09. The molecule has 0 spiro atoms. The molecule has 0 aromatic rings. The average molecular weight is 269 g/mol. The van der Waals surface area contributed by atoms with Crippen molar-refractivity contribution in [3.63, 3.8) is 0 Å². The van der Waals surface area contributed by atoms with Crippen LogP contribution in [0, 0.1) is 11.3 Å². The molecule has 1 rings (SSSR count). The summed E-state index contributed by atoms with van der Waals surface area (Å²) < 4.78 is 5.66. The van der Waals surface area contributed by atoms with Crippen LogP contribution in [-0.4, -0.2) is 18.1 Å². The number of esters is 1. The minimum absolute atomic E-state index is 0.0869. The molecule has 19 heavy (non-hydrogen) atoms. The first-order valence-electron chi connectivity index (χ1n) is 7.77. The van der Waals surface area contributed by atoms with Gasteiger partial charge in [-0.15, -0.1) is 0 Å². The molecule has 0 radical (unpaired) electrons. The molecule has 112 valence electrons. The van der Waals surface area contributed by atoms with Gasteiger partial charge in [-0.1, -0.05) is 34.1 Å². The molecule has 1 aliphatic rings. The molecule has 0 bridgehead atoms. The second-order valence-corrected chi connectivity index (χ2v) is 7.21. The van der Waals surface area contributed by atoms with Crippen molar-refractivity contribution in [3.05, 3.63) is 0 Å². The van der Waals surface area contributed by atoms with Crippen LogP contribution in [0.1, 0.15) is 72.6 Å². The Hall–Kier alpha value is -0.570. The van der Waals surface area contributed by atoms with Gasteiger partial charge in [0.15, 0.2) is 0 Å². The highest BCUT2D eigenvalue weighted by Crippen LogP contribution is 2.29. The maximum absolute atomic E-state index is 12.0. The van der Waals surface area contributed by atoms with Gasteiger partial charge >= 0.3 is 5.97 Å². The van der Waals surface area contributed by atoms with Gasteiger partial charge < -0.3 is 10.5 Å². The summed E-state index contributed by atoms with van der Waals surface area (Å²) in [5.74, 6) is 0.443. The molecular formula is C16H31NO2. The number of nitrogens with two attached hydrogens (primary N) is 1. The van der Waals surface area contributed by atoms with E-state index in [9.17, 15) is 4.79 Å². The van der Waals surface area contributed by atoms with Crippen molar-refractivity contribution in [2.45, 2.75) is 84.8 Å². The van der Waals surface area contributed by atoms with Gasteiger partial charge in [0, 0.05) is 6.04 Å². The third kappa shape index (κ3) is 6.42. The quantitative estimate of drug-likeness (QED) is 0.775. The molecule has 1 aliphatic carbocycles. The van der Waals surface area contributed by atoms with Gasteiger partial charge in [-0.3, -0.25) is 4.79 Å². The maximum atomic E-state index is 12.0. The van der Waals surface area contributed by atoms with E-state index in [-0.39, 0.29) is 23.5 Å². The summed E-state index contributed by atoms with van der Waals surface area (Å²) >= 11 is 0. The molecule has 0 saturated heterocycles. The van der Waals surface area contributed by atoms with Gasteiger partial charge in [0.25, 0.3) is 0 Å². The van der Waals surface area contributed by atoms with Crippen LogP contribution in [0.15, 0.2) is 0 Å². The lowest BCUT2D eigenvalue weighted by molar-refractivity contribution is -0.154. The van der Waals surface area contributed by atoms with Crippen molar-refractivity contribution in [2.24, 2.45) is 17.1 Å². The maximum Gasteiger partial charge on any atom is 0.307 e. The molecule has 1 fully saturated rings. The second kappa shape index (κ2) is 7.28. The van der Waals surface area contributed by atoms with Gasteiger partial charge in [0.2, 0.25) is 0 Å². The third-order valence-corrected chi connectivity index (χ3v) is 3.95. The monoisotopic (exact) mass is 269 g/mol. The summed E-state index contributed by atoms with van der Waals surface area (Å²) in [7, 11) is 0. The molecule has 3 atom stereocenters. The van der Waals surface area contributed by atoms with Crippen molar-refractivity contribution in [1.82, 2.24) is 0 Å². The number of ether oxygens (including phenoxy) is 1. The highest BCUT2D eigenvalue weighted by atomic mass is 16.5. The Morgan fingerprint density at radius 3 is 2.53 bits per heavy atom. The first-order chi connectivity index (χ1) is 8.81. The molecule has 0 heterocycles. The summed E-state index contributed by atoms with van der Waals surface area (Å²) in [6.45, 7) is 8.62.